The number of halogens is 1. The number of aromatic carboxylic acids is 1. The van der Waals surface area contributed by atoms with E-state index in [4.69, 9.17) is 22.0 Å². The van der Waals surface area contributed by atoms with E-state index < -0.39 is 5.97 Å². The summed E-state index contributed by atoms with van der Waals surface area (Å²) in [4.78, 5) is 14.7. The number of rotatable bonds is 3. The summed E-state index contributed by atoms with van der Waals surface area (Å²) in [6.45, 7) is 0. The summed E-state index contributed by atoms with van der Waals surface area (Å²) >= 11 is 5.94. The highest BCUT2D eigenvalue weighted by molar-refractivity contribution is 6.33. The number of hydrogen-bond acceptors (Lipinski definition) is 4. The average molecular weight is 274 g/mol. The molecule has 0 aliphatic heterocycles. The molecule has 19 heavy (non-hydrogen) atoms. The van der Waals surface area contributed by atoms with Gasteiger partial charge >= 0.3 is 5.97 Å². The lowest BCUT2D eigenvalue weighted by Crippen LogP contribution is -2.00. The molecule has 2 N–H and O–H groups in total. The molecule has 0 unspecified atom stereocenters. The van der Waals surface area contributed by atoms with Gasteiger partial charge in [-0.05, 0) is 30.3 Å². The van der Waals surface area contributed by atoms with Gasteiger partial charge < -0.3 is 10.4 Å². The normalized spacial score (nSPS) is 9.68. The number of nitrogens with zero attached hydrogens (tertiary/aromatic N) is 2. The molecule has 0 saturated carbocycles. The maximum atomic E-state index is 10.7. The summed E-state index contributed by atoms with van der Waals surface area (Å²) < 4.78 is 0. The number of pyridine rings is 1. The van der Waals surface area contributed by atoms with Crippen LogP contribution in [0.2, 0.25) is 5.02 Å². The molecule has 0 spiro atoms. The number of carbonyl (C=O) groups is 1. The van der Waals surface area contributed by atoms with E-state index in [1.165, 1.54) is 12.3 Å². The molecule has 0 amide bonds. The lowest BCUT2D eigenvalue weighted by atomic mass is 10.2. The fraction of sp³-hybridized carbons (Fsp3) is 0. The van der Waals surface area contributed by atoms with Gasteiger partial charge in [-0.15, -0.1) is 0 Å². The molecule has 94 valence electrons. The summed E-state index contributed by atoms with van der Waals surface area (Å²) in [5.74, 6) is -0.726. The van der Waals surface area contributed by atoms with Gasteiger partial charge in [-0.2, -0.15) is 5.26 Å². The molecular formula is C13H8ClN3O2. The van der Waals surface area contributed by atoms with E-state index in [-0.39, 0.29) is 10.6 Å². The van der Waals surface area contributed by atoms with Crippen molar-refractivity contribution in [3.05, 3.63) is 52.7 Å². The quantitative estimate of drug-likeness (QED) is 0.897. The first-order valence-electron chi connectivity index (χ1n) is 5.26. The number of anilines is 2. The smallest absolute Gasteiger partial charge is 0.337 e. The predicted molar refractivity (Wildman–Crippen MR) is 70.6 cm³/mol. The largest absolute Gasteiger partial charge is 0.478 e. The predicted octanol–water partition coefficient (Wildman–Crippen LogP) is 3.05. The Balaban J connectivity index is 2.23. The minimum Gasteiger partial charge on any atom is -0.478 e. The second-order valence-electron chi connectivity index (χ2n) is 3.67. The lowest BCUT2D eigenvalue weighted by Gasteiger charge is -2.07. The molecule has 6 heteroatoms. The van der Waals surface area contributed by atoms with Gasteiger partial charge in [0.25, 0.3) is 0 Å². The van der Waals surface area contributed by atoms with Gasteiger partial charge in [-0.25, -0.2) is 9.78 Å². The van der Waals surface area contributed by atoms with Crippen LogP contribution in [0.3, 0.4) is 0 Å². The fourth-order valence-corrected chi connectivity index (χ4v) is 1.63. The number of carboxylic acid groups (broad SMARTS) is 1. The molecule has 0 aliphatic carbocycles. The van der Waals surface area contributed by atoms with E-state index in [1.807, 2.05) is 6.07 Å². The summed E-state index contributed by atoms with van der Waals surface area (Å²) in [7, 11) is 0. The van der Waals surface area contributed by atoms with Crippen molar-refractivity contribution in [1.29, 1.82) is 5.26 Å². The summed E-state index contributed by atoms with van der Waals surface area (Å²) in [5.41, 5.74) is 1.28. The monoisotopic (exact) mass is 273 g/mol. The highest BCUT2D eigenvalue weighted by atomic mass is 35.5. The molecule has 1 aromatic heterocycles. The molecule has 0 bridgehead atoms. The Bertz CT molecular complexity index is 663. The Morgan fingerprint density at radius 2 is 2.05 bits per heavy atom. The summed E-state index contributed by atoms with van der Waals surface area (Å²) in [6.07, 6.45) is 1.22. The van der Waals surface area contributed by atoms with Gasteiger partial charge in [0.2, 0.25) is 0 Å². The Kier molecular flexibility index (Phi) is 3.64. The van der Waals surface area contributed by atoms with Crippen LogP contribution in [0.25, 0.3) is 0 Å². The molecule has 1 heterocycles. The first kappa shape index (κ1) is 12.9. The molecule has 2 rings (SSSR count). The van der Waals surface area contributed by atoms with Crippen molar-refractivity contribution in [1.82, 2.24) is 4.98 Å². The highest BCUT2D eigenvalue weighted by Crippen LogP contribution is 2.24. The van der Waals surface area contributed by atoms with Crippen LogP contribution in [-0.2, 0) is 0 Å². The van der Waals surface area contributed by atoms with Gasteiger partial charge in [0.05, 0.1) is 22.2 Å². The van der Waals surface area contributed by atoms with Crippen LogP contribution in [0.4, 0.5) is 11.5 Å². The number of nitrogens with one attached hydrogen (secondary N) is 1. The van der Waals surface area contributed by atoms with Crippen LogP contribution >= 0.6 is 11.6 Å². The van der Waals surface area contributed by atoms with Gasteiger partial charge in [0.1, 0.15) is 5.82 Å². The standard InChI is InChI=1S/C13H8ClN3O2/c14-11-5-9(13(18)19)7-16-12(11)17-10-3-1-8(6-15)2-4-10/h1-5,7H,(H,16,17)(H,18,19). The van der Waals surface area contributed by atoms with E-state index in [9.17, 15) is 4.79 Å². The molecular weight excluding hydrogens is 266 g/mol. The zero-order valence-electron chi connectivity index (χ0n) is 9.59. The minimum atomic E-state index is -1.08. The molecule has 1 aromatic carbocycles. The van der Waals surface area contributed by atoms with Crippen molar-refractivity contribution < 1.29 is 9.90 Å². The maximum Gasteiger partial charge on any atom is 0.337 e. The van der Waals surface area contributed by atoms with Gasteiger partial charge in [-0.1, -0.05) is 11.6 Å². The number of hydrogen-bond donors (Lipinski definition) is 2. The molecule has 5 nitrogen and oxygen atoms in total. The molecule has 0 saturated heterocycles. The number of carboxylic acids is 1. The van der Waals surface area contributed by atoms with Crippen molar-refractivity contribution >= 4 is 29.1 Å². The minimum absolute atomic E-state index is 0.0235. The maximum absolute atomic E-state index is 10.7. The Morgan fingerprint density at radius 1 is 1.37 bits per heavy atom. The van der Waals surface area contributed by atoms with Gasteiger partial charge in [0.15, 0.2) is 0 Å². The molecule has 0 aliphatic rings. The van der Waals surface area contributed by atoms with Crippen molar-refractivity contribution in [2.24, 2.45) is 0 Å². The first-order chi connectivity index (χ1) is 9.10. The number of nitriles is 1. The first-order valence-corrected chi connectivity index (χ1v) is 5.64. The third kappa shape index (κ3) is 3.00. The van der Waals surface area contributed by atoms with Crippen LogP contribution in [0.5, 0.6) is 0 Å². The van der Waals surface area contributed by atoms with Crippen molar-refractivity contribution in [2.45, 2.75) is 0 Å². The number of aromatic nitrogens is 1. The second-order valence-corrected chi connectivity index (χ2v) is 4.08. The lowest BCUT2D eigenvalue weighted by molar-refractivity contribution is 0.0696. The van der Waals surface area contributed by atoms with E-state index in [2.05, 4.69) is 10.3 Å². The van der Waals surface area contributed by atoms with Crippen LogP contribution in [0.15, 0.2) is 36.5 Å². The SMILES string of the molecule is N#Cc1ccc(Nc2ncc(C(=O)O)cc2Cl)cc1. The van der Waals surface area contributed by atoms with Crippen molar-refractivity contribution in [3.63, 3.8) is 0 Å². The zero-order valence-corrected chi connectivity index (χ0v) is 10.3. The van der Waals surface area contributed by atoms with E-state index in [1.54, 1.807) is 24.3 Å². The Labute approximate surface area is 114 Å². The Hall–Kier alpha value is -2.58. The van der Waals surface area contributed by atoms with Gasteiger partial charge in [0, 0.05) is 11.9 Å². The van der Waals surface area contributed by atoms with Gasteiger partial charge in [-0.3, -0.25) is 0 Å². The molecule has 0 radical (unpaired) electrons. The van der Waals surface area contributed by atoms with E-state index in [0.29, 0.717) is 17.1 Å². The summed E-state index contributed by atoms with van der Waals surface area (Å²) in [6, 6.07) is 10.1. The average Bonchev–Trinajstić information content (AvgIpc) is 2.41. The molecule has 2 aromatic rings. The van der Waals surface area contributed by atoms with Crippen molar-refractivity contribution in [2.75, 3.05) is 5.32 Å². The van der Waals surface area contributed by atoms with E-state index in [0.717, 1.165) is 0 Å². The zero-order chi connectivity index (χ0) is 13.8. The topological polar surface area (TPSA) is 86.0 Å². The van der Waals surface area contributed by atoms with Crippen LogP contribution < -0.4 is 5.32 Å². The number of benzene rings is 1. The van der Waals surface area contributed by atoms with Crippen LogP contribution in [-0.4, -0.2) is 16.1 Å². The third-order valence-electron chi connectivity index (χ3n) is 2.36. The van der Waals surface area contributed by atoms with E-state index >= 15 is 0 Å². The molecule has 0 atom stereocenters. The summed E-state index contributed by atoms with van der Waals surface area (Å²) in [5, 5.41) is 20.6. The van der Waals surface area contributed by atoms with Crippen LogP contribution in [0, 0.1) is 11.3 Å². The van der Waals surface area contributed by atoms with Crippen molar-refractivity contribution in [3.8, 4) is 6.07 Å². The fourth-order valence-electron chi connectivity index (χ4n) is 1.41. The molecule has 0 fully saturated rings. The highest BCUT2D eigenvalue weighted by Gasteiger charge is 2.08. The third-order valence-corrected chi connectivity index (χ3v) is 2.65. The second kappa shape index (κ2) is 5.38. The van der Waals surface area contributed by atoms with Crippen LogP contribution in [0.1, 0.15) is 15.9 Å². The Morgan fingerprint density at radius 3 is 2.58 bits per heavy atom.